The van der Waals surface area contributed by atoms with Crippen molar-refractivity contribution in [1.29, 1.82) is 0 Å². The lowest BCUT2D eigenvalue weighted by molar-refractivity contribution is -0.274. The number of carbonyl (C=O) groups is 1. The smallest absolute Gasteiger partial charge is 0.406 e. The van der Waals surface area contributed by atoms with Crippen LogP contribution in [0.1, 0.15) is 0 Å². The highest BCUT2D eigenvalue weighted by Gasteiger charge is 2.31. The van der Waals surface area contributed by atoms with Gasteiger partial charge in [-0.05, 0) is 36.2 Å². The second-order valence-corrected chi connectivity index (χ2v) is 4.38. The van der Waals surface area contributed by atoms with Crippen molar-refractivity contribution in [2.75, 3.05) is 16.6 Å². The minimum absolute atomic E-state index is 0.102. The summed E-state index contributed by atoms with van der Waals surface area (Å²) in [5.41, 5.74) is 0.690. The van der Waals surface area contributed by atoms with Crippen molar-refractivity contribution in [2.45, 2.75) is 6.36 Å². The molecule has 0 aromatic heterocycles. The fourth-order valence-electron chi connectivity index (χ4n) is 1.38. The molecular weight excluding hydrogens is 255 g/mol. The van der Waals surface area contributed by atoms with Gasteiger partial charge in [-0.15, -0.1) is 13.2 Å². The summed E-state index contributed by atoms with van der Waals surface area (Å²) in [5, 5.41) is 0. The monoisotopic (exact) mass is 263 g/mol. The van der Waals surface area contributed by atoms with Crippen LogP contribution in [0.25, 0.3) is 0 Å². The van der Waals surface area contributed by atoms with E-state index in [0.29, 0.717) is 11.4 Å². The largest absolute Gasteiger partial charge is 0.573 e. The van der Waals surface area contributed by atoms with Crippen LogP contribution >= 0.6 is 11.9 Å². The van der Waals surface area contributed by atoms with Crippen LogP contribution in [-0.4, -0.2) is 24.4 Å². The molecule has 1 aliphatic heterocycles. The van der Waals surface area contributed by atoms with Crippen molar-refractivity contribution in [2.24, 2.45) is 0 Å². The Morgan fingerprint density at radius 1 is 1.24 bits per heavy atom. The third-order valence-corrected chi connectivity index (χ3v) is 3.16. The summed E-state index contributed by atoms with van der Waals surface area (Å²) in [6.07, 6.45) is -4.68. The summed E-state index contributed by atoms with van der Waals surface area (Å²) in [5.74, 6) is 0.239. The maximum Gasteiger partial charge on any atom is 0.573 e. The van der Waals surface area contributed by atoms with Gasteiger partial charge in [0.05, 0.1) is 12.3 Å². The van der Waals surface area contributed by atoms with Crippen molar-refractivity contribution in [1.82, 2.24) is 0 Å². The van der Waals surface area contributed by atoms with Gasteiger partial charge < -0.3 is 9.04 Å². The second-order valence-electron chi connectivity index (χ2n) is 3.39. The van der Waals surface area contributed by atoms with Crippen LogP contribution in [0.2, 0.25) is 0 Å². The maximum absolute atomic E-state index is 11.9. The molecule has 0 radical (unpaired) electrons. The zero-order chi connectivity index (χ0) is 12.5. The number of Topliss-reactive ketones (excluding diaryl/α,β-unsaturated/α-hetero) is 1. The van der Waals surface area contributed by atoms with Gasteiger partial charge in [-0.2, -0.15) is 0 Å². The van der Waals surface area contributed by atoms with E-state index in [1.807, 2.05) is 0 Å². The van der Waals surface area contributed by atoms with E-state index in [4.69, 9.17) is 0 Å². The third kappa shape index (κ3) is 3.29. The SMILES string of the molecule is O=C1CSN(c2ccc(OC(F)(F)F)cc2)C1. The molecule has 0 atom stereocenters. The predicted octanol–water partition coefficient (Wildman–Crippen LogP) is 2.62. The normalized spacial score (nSPS) is 16.4. The fourth-order valence-corrected chi connectivity index (χ4v) is 2.28. The van der Waals surface area contributed by atoms with Gasteiger partial charge >= 0.3 is 6.36 Å². The molecule has 1 saturated heterocycles. The quantitative estimate of drug-likeness (QED) is 0.767. The average molecular weight is 263 g/mol. The third-order valence-electron chi connectivity index (χ3n) is 2.06. The maximum atomic E-state index is 11.9. The summed E-state index contributed by atoms with van der Waals surface area (Å²) in [6, 6.07) is 5.44. The molecule has 0 unspecified atom stereocenters. The number of hydrogen-bond donors (Lipinski definition) is 0. The molecule has 1 fully saturated rings. The lowest BCUT2D eigenvalue weighted by Crippen LogP contribution is -2.17. The number of hydrogen-bond acceptors (Lipinski definition) is 4. The topological polar surface area (TPSA) is 29.5 Å². The van der Waals surface area contributed by atoms with Gasteiger partial charge in [-0.3, -0.25) is 4.79 Å². The minimum atomic E-state index is -4.68. The highest BCUT2D eigenvalue weighted by atomic mass is 32.2. The molecule has 0 bridgehead atoms. The number of carbonyl (C=O) groups excluding carboxylic acids is 1. The Bertz CT molecular complexity index is 419. The van der Waals surface area contributed by atoms with Crippen LogP contribution in [-0.2, 0) is 4.79 Å². The van der Waals surface area contributed by atoms with Gasteiger partial charge in [-0.25, -0.2) is 0 Å². The molecule has 0 N–H and O–H groups in total. The van der Waals surface area contributed by atoms with Gasteiger partial charge in [0.25, 0.3) is 0 Å². The van der Waals surface area contributed by atoms with Crippen LogP contribution < -0.4 is 9.04 Å². The van der Waals surface area contributed by atoms with Gasteiger partial charge in [0.15, 0.2) is 5.78 Å². The Hall–Kier alpha value is -1.37. The summed E-state index contributed by atoms with van der Waals surface area (Å²) in [6.45, 7) is 0.282. The van der Waals surface area contributed by atoms with Gasteiger partial charge in [0.1, 0.15) is 5.75 Å². The van der Waals surface area contributed by atoms with Crippen molar-refractivity contribution < 1.29 is 22.7 Å². The fraction of sp³-hybridized carbons (Fsp3) is 0.300. The van der Waals surface area contributed by atoms with Crippen LogP contribution in [0.3, 0.4) is 0 Å². The molecule has 7 heteroatoms. The Morgan fingerprint density at radius 3 is 2.35 bits per heavy atom. The number of benzene rings is 1. The van der Waals surface area contributed by atoms with E-state index in [-0.39, 0.29) is 18.1 Å². The second kappa shape index (κ2) is 4.48. The van der Waals surface area contributed by atoms with Crippen molar-refractivity contribution in [3.05, 3.63) is 24.3 Å². The first kappa shape index (κ1) is 12.1. The highest BCUT2D eigenvalue weighted by Crippen LogP contribution is 2.30. The lowest BCUT2D eigenvalue weighted by atomic mass is 10.3. The number of nitrogens with zero attached hydrogens (tertiary/aromatic N) is 1. The molecule has 0 saturated carbocycles. The van der Waals surface area contributed by atoms with E-state index in [9.17, 15) is 18.0 Å². The molecular formula is C10H8F3NO2S. The molecule has 0 aliphatic carbocycles. The van der Waals surface area contributed by atoms with E-state index < -0.39 is 6.36 Å². The number of anilines is 1. The van der Waals surface area contributed by atoms with Gasteiger partial charge in [0, 0.05) is 5.69 Å². The van der Waals surface area contributed by atoms with E-state index in [0.717, 1.165) is 0 Å². The van der Waals surface area contributed by atoms with E-state index in [1.165, 1.54) is 36.2 Å². The molecule has 1 aliphatic rings. The molecule has 1 heterocycles. The molecule has 0 spiro atoms. The van der Waals surface area contributed by atoms with Crippen LogP contribution in [0.4, 0.5) is 18.9 Å². The zero-order valence-corrected chi connectivity index (χ0v) is 9.35. The molecule has 2 rings (SSSR count). The first-order chi connectivity index (χ1) is 7.94. The molecule has 1 aromatic rings. The Labute approximate surface area is 99.7 Å². The summed E-state index contributed by atoms with van der Waals surface area (Å²) < 4.78 is 41.2. The number of ketones is 1. The Morgan fingerprint density at radius 2 is 1.88 bits per heavy atom. The Kier molecular flexibility index (Phi) is 3.19. The first-order valence-electron chi connectivity index (χ1n) is 4.72. The number of halogens is 3. The molecule has 0 amide bonds. The Balaban J connectivity index is 2.05. The van der Waals surface area contributed by atoms with Crippen LogP contribution in [0.5, 0.6) is 5.75 Å². The van der Waals surface area contributed by atoms with Crippen molar-refractivity contribution in [3.8, 4) is 5.75 Å². The van der Waals surface area contributed by atoms with Crippen LogP contribution in [0.15, 0.2) is 24.3 Å². The molecule has 92 valence electrons. The summed E-state index contributed by atoms with van der Waals surface area (Å²) in [7, 11) is 0. The first-order valence-corrected chi connectivity index (χ1v) is 5.66. The van der Waals surface area contributed by atoms with Crippen molar-refractivity contribution >= 4 is 23.4 Å². The van der Waals surface area contributed by atoms with E-state index >= 15 is 0 Å². The number of alkyl halides is 3. The van der Waals surface area contributed by atoms with E-state index in [2.05, 4.69) is 4.74 Å². The predicted molar refractivity (Wildman–Crippen MR) is 57.9 cm³/mol. The summed E-state index contributed by atoms with van der Waals surface area (Å²) >= 11 is 1.34. The van der Waals surface area contributed by atoms with Gasteiger partial charge in [0.2, 0.25) is 0 Å². The zero-order valence-electron chi connectivity index (χ0n) is 8.53. The number of rotatable bonds is 2. The van der Waals surface area contributed by atoms with E-state index in [1.54, 1.807) is 4.31 Å². The van der Waals surface area contributed by atoms with Gasteiger partial charge in [-0.1, -0.05) is 0 Å². The standard InChI is InChI=1S/C10H8F3NO2S/c11-10(12,13)16-9-3-1-7(2-4-9)14-5-8(15)6-17-14/h1-4H,5-6H2. The number of ether oxygens (including phenoxy) is 1. The molecule has 1 aromatic carbocycles. The highest BCUT2D eigenvalue weighted by molar-refractivity contribution is 8.01. The summed E-state index contributed by atoms with van der Waals surface area (Å²) in [4.78, 5) is 11.0. The lowest BCUT2D eigenvalue weighted by Gasteiger charge is -2.15. The molecule has 3 nitrogen and oxygen atoms in total. The average Bonchev–Trinajstić information content (AvgIpc) is 2.63. The van der Waals surface area contributed by atoms with Crippen molar-refractivity contribution in [3.63, 3.8) is 0 Å². The minimum Gasteiger partial charge on any atom is -0.406 e. The van der Waals surface area contributed by atoms with Crippen LogP contribution in [0, 0.1) is 0 Å². The molecule has 17 heavy (non-hydrogen) atoms.